The van der Waals surface area contributed by atoms with E-state index in [0.29, 0.717) is 18.1 Å². The van der Waals surface area contributed by atoms with Crippen LogP contribution in [0.2, 0.25) is 0 Å². The Morgan fingerprint density at radius 3 is 2.71 bits per heavy atom. The van der Waals surface area contributed by atoms with Crippen LogP contribution in [0.15, 0.2) is 12.1 Å². The Hall–Kier alpha value is -1.56. The van der Waals surface area contributed by atoms with Gasteiger partial charge in [0.05, 0.1) is 11.7 Å². The van der Waals surface area contributed by atoms with Crippen molar-refractivity contribution in [1.29, 1.82) is 0 Å². The van der Waals surface area contributed by atoms with Crippen molar-refractivity contribution in [2.45, 2.75) is 13.8 Å². The SMILES string of the molecule is CCNc1nsnc1-c1ccc(C)c(F)c1F. The van der Waals surface area contributed by atoms with Gasteiger partial charge in [-0.1, -0.05) is 6.07 Å². The van der Waals surface area contributed by atoms with Crippen molar-refractivity contribution in [3.63, 3.8) is 0 Å². The smallest absolute Gasteiger partial charge is 0.168 e. The predicted molar refractivity (Wildman–Crippen MR) is 64.2 cm³/mol. The molecule has 2 aromatic rings. The van der Waals surface area contributed by atoms with E-state index in [1.54, 1.807) is 0 Å². The molecule has 0 atom stereocenters. The number of anilines is 1. The molecule has 0 saturated heterocycles. The van der Waals surface area contributed by atoms with Crippen LogP contribution in [0.5, 0.6) is 0 Å². The molecule has 0 aliphatic carbocycles. The summed E-state index contributed by atoms with van der Waals surface area (Å²) in [4.78, 5) is 0. The Morgan fingerprint density at radius 2 is 2.00 bits per heavy atom. The Morgan fingerprint density at radius 1 is 1.24 bits per heavy atom. The van der Waals surface area contributed by atoms with E-state index in [4.69, 9.17) is 0 Å². The second kappa shape index (κ2) is 4.75. The van der Waals surface area contributed by atoms with Crippen LogP contribution in [-0.4, -0.2) is 15.3 Å². The number of hydrogen-bond donors (Lipinski definition) is 1. The zero-order chi connectivity index (χ0) is 12.4. The highest BCUT2D eigenvalue weighted by Crippen LogP contribution is 2.30. The summed E-state index contributed by atoms with van der Waals surface area (Å²) in [6.45, 7) is 4.07. The summed E-state index contributed by atoms with van der Waals surface area (Å²) in [5.74, 6) is -1.23. The fourth-order valence-corrected chi connectivity index (χ4v) is 2.02. The average molecular weight is 255 g/mol. The molecule has 90 valence electrons. The number of hydrogen-bond acceptors (Lipinski definition) is 4. The summed E-state index contributed by atoms with van der Waals surface area (Å²) in [6.07, 6.45) is 0. The van der Waals surface area contributed by atoms with Crippen LogP contribution in [0.4, 0.5) is 14.6 Å². The van der Waals surface area contributed by atoms with Gasteiger partial charge in [0, 0.05) is 12.1 Å². The number of aryl methyl sites for hydroxylation is 1. The summed E-state index contributed by atoms with van der Waals surface area (Å²) in [7, 11) is 0. The van der Waals surface area contributed by atoms with Crippen LogP contribution < -0.4 is 5.32 Å². The number of benzene rings is 1. The molecule has 1 N–H and O–H groups in total. The summed E-state index contributed by atoms with van der Waals surface area (Å²) in [5, 5.41) is 2.96. The van der Waals surface area contributed by atoms with E-state index in [0.717, 1.165) is 11.7 Å². The molecule has 0 fully saturated rings. The molecule has 6 heteroatoms. The molecule has 0 saturated carbocycles. The molecular weight excluding hydrogens is 244 g/mol. The molecule has 1 heterocycles. The van der Waals surface area contributed by atoms with Crippen molar-refractivity contribution in [1.82, 2.24) is 8.75 Å². The number of aromatic nitrogens is 2. The lowest BCUT2D eigenvalue weighted by Gasteiger charge is -2.05. The Bertz CT molecular complexity index is 540. The van der Waals surface area contributed by atoms with Gasteiger partial charge < -0.3 is 5.32 Å². The summed E-state index contributed by atoms with van der Waals surface area (Å²) >= 11 is 0.968. The molecule has 0 amide bonds. The molecule has 3 nitrogen and oxygen atoms in total. The zero-order valence-electron chi connectivity index (χ0n) is 9.42. The molecule has 1 aromatic carbocycles. The van der Waals surface area contributed by atoms with Gasteiger partial charge in [0.1, 0.15) is 5.69 Å². The Kier molecular flexibility index (Phi) is 3.33. The lowest BCUT2D eigenvalue weighted by Crippen LogP contribution is -2.00. The fourth-order valence-electron chi connectivity index (χ4n) is 1.48. The van der Waals surface area contributed by atoms with E-state index in [1.807, 2.05) is 6.92 Å². The standard InChI is InChI=1S/C11H11F2N3S/c1-3-14-11-10(15-17-16-11)7-5-4-6(2)8(12)9(7)13/h4-5H,3H2,1-2H3,(H,14,16). The van der Waals surface area contributed by atoms with Gasteiger partial charge in [-0.2, -0.15) is 8.75 Å². The van der Waals surface area contributed by atoms with Crippen LogP contribution in [0, 0.1) is 18.6 Å². The first-order valence-corrected chi connectivity index (χ1v) is 5.89. The van der Waals surface area contributed by atoms with Crippen molar-refractivity contribution in [2.24, 2.45) is 0 Å². The largest absolute Gasteiger partial charge is 0.368 e. The highest BCUT2D eigenvalue weighted by atomic mass is 32.1. The first kappa shape index (κ1) is 11.9. The topological polar surface area (TPSA) is 37.8 Å². The summed E-state index contributed by atoms with van der Waals surface area (Å²) in [5.41, 5.74) is 0.769. The predicted octanol–water partition coefficient (Wildman–Crippen LogP) is 3.22. The first-order valence-electron chi connectivity index (χ1n) is 5.16. The van der Waals surface area contributed by atoms with Gasteiger partial charge in [0.15, 0.2) is 17.5 Å². The van der Waals surface area contributed by atoms with Crippen molar-refractivity contribution in [3.8, 4) is 11.3 Å². The van der Waals surface area contributed by atoms with Crippen LogP contribution in [0.3, 0.4) is 0 Å². The molecule has 0 bridgehead atoms. The number of nitrogens with one attached hydrogen (secondary N) is 1. The monoisotopic (exact) mass is 255 g/mol. The minimum Gasteiger partial charge on any atom is -0.368 e. The quantitative estimate of drug-likeness (QED) is 0.915. The molecule has 0 unspecified atom stereocenters. The third-order valence-electron chi connectivity index (χ3n) is 2.36. The van der Waals surface area contributed by atoms with E-state index in [1.165, 1.54) is 19.1 Å². The number of nitrogens with zero attached hydrogens (tertiary/aromatic N) is 2. The van der Waals surface area contributed by atoms with Gasteiger partial charge in [0.2, 0.25) is 0 Å². The van der Waals surface area contributed by atoms with Crippen LogP contribution >= 0.6 is 11.7 Å². The second-order valence-corrected chi connectivity index (χ2v) is 4.08. The van der Waals surface area contributed by atoms with E-state index in [-0.39, 0.29) is 11.1 Å². The molecule has 2 rings (SSSR count). The molecular formula is C11H11F2N3S. The van der Waals surface area contributed by atoms with E-state index < -0.39 is 11.6 Å². The minimum absolute atomic E-state index is 0.137. The summed E-state index contributed by atoms with van der Waals surface area (Å²) < 4.78 is 35.2. The average Bonchev–Trinajstić information content (AvgIpc) is 2.75. The molecule has 0 radical (unpaired) electrons. The highest BCUT2D eigenvalue weighted by molar-refractivity contribution is 6.99. The number of rotatable bonds is 3. The van der Waals surface area contributed by atoms with Gasteiger partial charge in [-0.05, 0) is 25.5 Å². The van der Waals surface area contributed by atoms with Crippen LogP contribution in [0.25, 0.3) is 11.3 Å². The van der Waals surface area contributed by atoms with Crippen molar-refractivity contribution < 1.29 is 8.78 Å². The minimum atomic E-state index is -0.878. The Labute approximate surface area is 102 Å². The molecule has 0 spiro atoms. The lowest BCUT2D eigenvalue weighted by atomic mass is 10.1. The van der Waals surface area contributed by atoms with Crippen LogP contribution in [-0.2, 0) is 0 Å². The van der Waals surface area contributed by atoms with Crippen molar-refractivity contribution in [2.75, 3.05) is 11.9 Å². The maximum atomic E-state index is 13.8. The maximum Gasteiger partial charge on any atom is 0.168 e. The summed E-state index contributed by atoms with van der Waals surface area (Å²) in [6, 6.07) is 3.05. The van der Waals surface area contributed by atoms with Gasteiger partial charge in [-0.3, -0.25) is 0 Å². The van der Waals surface area contributed by atoms with E-state index in [2.05, 4.69) is 14.1 Å². The normalized spacial score (nSPS) is 10.6. The third kappa shape index (κ3) is 2.12. The zero-order valence-corrected chi connectivity index (χ0v) is 10.2. The van der Waals surface area contributed by atoms with Gasteiger partial charge in [0.25, 0.3) is 0 Å². The lowest BCUT2D eigenvalue weighted by molar-refractivity contribution is 0.505. The van der Waals surface area contributed by atoms with Crippen LogP contribution in [0.1, 0.15) is 12.5 Å². The molecule has 0 aliphatic heterocycles. The maximum absolute atomic E-state index is 13.8. The number of halogens is 2. The van der Waals surface area contributed by atoms with Gasteiger partial charge >= 0.3 is 0 Å². The molecule has 17 heavy (non-hydrogen) atoms. The first-order chi connectivity index (χ1) is 8.15. The van der Waals surface area contributed by atoms with Gasteiger partial charge in [-0.25, -0.2) is 8.78 Å². The van der Waals surface area contributed by atoms with E-state index >= 15 is 0 Å². The third-order valence-corrected chi connectivity index (χ3v) is 2.89. The van der Waals surface area contributed by atoms with E-state index in [9.17, 15) is 8.78 Å². The van der Waals surface area contributed by atoms with Crippen molar-refractivity contribution >= 4 is 17.5 Å². The fraction of sp³-hybridized carbons (Fsp3) is 0.273. The second-order valence-electron chi connectivity index (χ2n) is 3.55. The highest BCUT2D eigenvalue weighted by Gasteiger charge is 2.18. The van der Waals surface area contributed by atoms with Gasteiger partial charge in [-0.15, -0.1) is 0 Å². The Balaban J connectivity index is 2.53. The molecule has 1 aromatic heterocycles. The van der Waals surface area contributed by atoms with Crippen molar-refractivity contribution in [3.05, 3.63) is 29.3 Å². The molecule has 0 aliphatic rings.